The molecule has 16 heavy (non-hydrogen) atoms. The first-order valence-electron chi connectivity index (χ1n) is 5.56. The number of aryl methyl sites for hydroxylation is 1. The number of hydrogen-bond acceptors (Lipinski definition) is 3. The van der Waals surface area contributed by atoms with Crippen molar-refractivity contribution in [3.63, 3.8) is 0 Å². The Morgan fingerprint density at radius 2 is 2.19 bits per heavy atom. The van der Waals surface area contributed by atoms with Crippen LogP contribution >= 0.6 is 0 Å². The van der Waals surface area contributed by atoms with E-state index >= 15 is 0 Å². The Balaban J connectivity index is 2.84. The van der Waals surface area contributed by atoms with Gasteiger partial charge in [0.15, 0.2) is 5.78 Å². The Hall–Kier alpha value is -1.35. The maximum atomic E-state index is 11.8. The molecule has 1 rings (SSSR count). The standard InChI is InChI=1S/C13H19NO2/c1-4-16-13-6-5-11(7-9(13)2)12(15)8-10(3)14/h5-7,10H,4,8,14H2,1-3H3. The second-order valence-electron chi connectivity index (χ2n) is 4.02. The van der Waals surface area contributed by atoms with E-state index in [-0.39, 0.29) is 11.8 Å². The van der Waals surface area contributed by atoms with Gasteiger partial charge in [0.1, 0.15) is 5.75 Å². The van der Waals surface area contributed by atoms with E-state index < -0.39 is 0 Å². The minimum atomic E-state index is -0.0978. The molecule has 1 aromatic rings. The van der Waals surface area contributed by atoms with E-state index in [1.807, 2.05) is 32.9 Å². The van der Waals surface area contributed by atoms with Crippen LogP contribution in [0.15, 0.2) is 18.2 Å². The van der Waals surface area contributed by atoms with Gasteiger partial charge in [-0.25, -0.2) is 0 Å². The van der Waals surface area contributed by atoms with Crippen molar-refractivity contribution in [1.29, 1.82) is 0 Å². The van der Waals surface area contributed by atoms with Crippen LogP contribution in [-0.2, 0) is 0 Å². The van der Waals surface area contributed by atoms with Crippen LogP contribution < -0.4 is 10.5 Å². The van der Waals surface area contributed by atoms with Crippen LogP contribution in [0.4, 0.5) is 0 Å². The normalized spacial score (nSPS) is 12.2. The molecule has 0 bridgehead atoms. The molecule has 88 valence electrons. The summed E-state index contributed by atoms with van der Waals surface area (Å²) in [4.78, 5) is 11.8. The molecule has 2 N–H and O–H groups in total. The first-order valence-corrected chi connectivity index (χ1v) is 5.56. The molecule has 0 fully saturated rings. The molecule has 0 aliphatic rings. The summed E-state index contributed by atoms with van der Waals surface area (Å²) in [5, 5.41) is 0. The number of carbonyl (C=O) groups is 1. The van der Waals surface area contributed by atoms with Crippen LogP contribution in [0, 0.1) is 6.92 Å². The highest BCUT2D eigenvalue weighted by molar-refractivity contribution is 5.96. The molecular weight excluding hydrogens is 202 g/mol. The number of carbonyl (C=O) groups excluding carboxylic acids is 1. The molecule has 0 aromatic heterocycles. The van der Waals surface area contributed by atoms with Gasteiger partial charge < -0.3 is 10.5 Å². The highest BCUT2D eigenvalue weighted by Gasteiger charge is 2.10. The molecule has 1 unspecified atom stereocenters. The van der Waals surface area contributed by atoms with Gasteiger partial charge in [-0.3, -0.25) is 4.79 Å². The zero-order chi connectivity index (χ0) is 12.1. The second kappa shape index (κ2) is 5.66. The number of benzene rings is 1. The van der Waals surface area contributed by atoms with Crippen molar-refractivity contribution in [3.05, 3.63) is 29.3 Å². The maximum Gasteiger partial charge on any atom is 0.164 e. The van der Waals surface area contributed by atoms with Crippen LogP contribution in [0.5, 0.6) is 5.75 Å². The number of nitrogens with two attached hydrogens (primary N) is 1. The van der Waals surface area contributed by atoms with Crippen molar-refractivity contribution >= 4 is 5.78 Å². The van der Waals surface area contributed by atoms with Crippen molar-refractivity contribution < 1.29 is 9.53 Å². The Morgan fingerprint density at radius 3 is 2.69 bits per heavy atom. The van der Waals surface area contributed by atoms with Gasteiger partial charge in [0.2, 0.25) is 0 Å². The molecule has 0 saturated carbocycles. The average Bonchev–Trinajstić information content (AvgIpc) is 2.20. The van der Waals surface area contributed by atoms with E-state index in [4.69, 9.17) is 10.5 Å². The first-order chi connectivity index (χ1) is 7.54. The van der Waals surface area contributed by atoms with Crippen LogP contribution in [-0.4, -0.2) is 18.4 Å². The quantitative estimate of drug-likeness (QED) is 0.776. The first kappa shape index (κ1) is 12.7. The van der Waals surface area contributed by atoms with E-state index in [2.05, 4.69) is 0 Å². The van der Waals surface area contributed by atoms with Crippen molar-refractivity contribution in [2.75, 3.05) is 6.61 Å². The highest BCUT2D eigenvalue weighted by Crippen LogP contribution is 2.20. The van der Waals surface area contributed by atoms with Gasteiger partial charge >= 0.3 is 0 Å². The summed E-state index contributed by atoms with van der Waals surface area (Å²) in [5.41, 5.74) is 7.29. The molecular formula is C13H19NO2. The van der Waals surface area contributed by atoms with Gasteiger partial charge in [0, 0.05) is 18.0 Å². The fourth-order valence-corrected chi connectivity index (χ4v) is 1.55. The lowest BCUT2D eigenvalue weighted by Gasteiger charge is -2.09. The Morgan fingerprint density at radius 1 is 1.50 bits per heavy atom. The third-order valence-electron chi connectivity index (χ3n) is 2.30. The van der Waals surface area contributed by atoms with E-state index in [1.54, 1.807) is 6.07 Å². The molecule has 0 aliphatic carbocycles. The van der Waals surface area contributed by atoms with E-state index in [0.717, 1.165) is 11.3 Å². The minimum absolute atomic E-state index is 0.0844. The molecule has 0 heterocycles. The molecule has 0 radical (unpaired) electrons. The lowest BCUT2D eigenvalue weighted by atomic mass is 10.0. The van der Waals surface area contributed by atoms with E-state index in [1.165, 1.54) is 0 Å². The van der Waals surface area contributed by atoms with Crippen molar-refractivity contribution in [2.24, 2.45) is 5.73 Å². The highest BCUT2D eigenvalue weighted by atomic mass is 16.5. The topological polar surface area (TPSA) is 52.3 Å². The minimum Gasteiger partial charge on any atom is -0.494 e. The number of ether oxygens (including phenoxy) is 1. The van der Waals surface area contributed by atoms with Crippen LogP contribution in [0.3, 0.4) is 0 Å². The van der Waals surface area contributed by atoms with Gasteiger partial charge in [0.05, 0.1) is 6.61 Å². The van der Waals surface area contributed by atoms with E-state index in [9.17, 15) is 4.79 Å². The number of Topliss-reactive ketones (excluding diaryl/α,β-unsaturated/α-hetero) is 1. The van der Waals surface area contributed by atoms with Gasteiger partial charge in [-0.1, -0.05) is 0 Å². The molecule has 0 spiro atoms. The molecule has 3 heteroatoms. The Bertz CT molecular complexity index is 372. The Kier molecular flexibility index (Phi) is 4.50. The van der Waals surface area contributed by atoms with Crippen molar-refractivity contribution in [1.82, 2.24) is 0 Å². The summed E-state index contributed by atoms with van der Waals surface area (Å²) in [6, 6.07) is 5.39. The monoisotopic (exact) mass is 221 g/mol. The van der Waals surface area contributed by atoms with Gasteiger partial charge in [-0.15, -0.1) is 0 Å². The predicted molar refractivity (Wildman–Crippen MR) is 64.9 cm³/mol. The summed E-state index contributed by atoms with van der Waals surface area (Å²) in [5.74, 6) is 0.918. The lowest BCUT2D eigenvalue weighted by Crippen LogP contribution is -2.19. The van der Waals surface area contributed by atoms with Gasteiger partial charge in [-0.2, -0.15) is 0 Å². The third kappa shape index (κ3) is 3.35. The fraction of sp³-hybridized carbons (Fsp3) is 0.462. The molecule has 0 saturated heterocycles. The average molecular weight is 221 g/mol. The summed E-state index contributed by atoms with van der Waals surface area (Å²) in [6.45, 7) is 6.34. The summed E-state index contributed by atoms with van der Waals surface area (Å²) >= 11 is 0. The summed E-state index contributed by atoms with van der Waals surface area (Å²) in [6.07, 6.45) is 0.382. The van der Waals surface area contributed by atoms with Crippen LogP contribution in [0.2, 0.25) is 0 Å². The van der Waals surface area contributed by atoms with Gasteiger partial charge in [-0.05, 0) is 44.5 Å². The largest absolute Gasteiger partial charge is 0.494 e. The zero-order valence-electron chi connectivity index (χ0n) is 10.1. The molecule has 1 aromatic carbocycles. The number of rotatable bonds is 5. The molecule has 0 aliphatic heterocycles. The zero-order valence-corrected chi connectivity index (χ0v) is 10.1. The fourth-order valence-electron chi connectivity index (χ4n) is 1.55. The third-order valence-corrected chi connectivity index (χ3v) is 2.30. The second-order valence-corrected chi connectivity index (χ2v) is 4.02. The van der Waals surface area contributed by atoms with Crippen molar-refractivity contribution in [3.8, 4) is 5.75 Å². The number of ketones is 1. The van der Waals surface area contributed by atoms with E-state index in [0.29, 0.717) is 18.6 Å². The Labute approximate surface area is 96.6 Å². The molecule has 3 nitrogen and oxygen atoms in total. The van der Waals surface area contributed by atoms with Crippen LogP contribution in [0.1, 0.15) is 36.2 Å². The van der Waals surface area contributed by atoms with Gasteiger partial charge in [0.25, 0.3) is 0 Å². The molecule has 0 amide bonds. The van der Waals surface area contributed by atoms with Crippen LogP contribution in [0.25, 0.3) is 0 Å². The summed E-state index contributed by atoms with van der Waals surface area (Å²) in [7, 11) is 0. The predicted octanol–water partition coefficient (Wildman–Crippen LogP) is 2.31. The number of hydrogen-bond donors (Lipinski definition) is 1. The van der Waals surface area contributed by atoms with Crippen molar-refractivity contribution in [2.45, 2.75) is 33.2 Å². The summed E-state index contributed by atoms with van der Waals surface area (Å²) < 4.78 is 5.42. The molecule has 1 atom stereocenters. The SMILES string of the molecule is CCOc1ccc(C(=O)CC(C)N)cc1C. The lowest BCUT2D eigenvalue weighted by molar-refractivity contribution is 0.0976. The maximum absolute atomic E-state index is 11.8. The smallest absolute Gasteiger partial charge is 0.164 e.